The summed E-state index contributed by atoms with van der Waals surface area (Å²) in [6.45, 7) is 1.85. The summed E-state index contributed by atoms with van der Waals surface area (Å²) in [7, 11) is 0. The first-order valence-corrected chi connectivity index (χ1v) is 12.2. The fourth-order valence-electron chi connectivity index (χ4n) is 3.77. The average molecular weight is 475 g/mol. The van der Waals surface area contributed by atoms with Crippen LogP contribution in [0.15, 0.2) is 76.5 Å². The summed E-state index contributed by atoms with van der Waals surface area (Å²) in [5.74, 6) is 0.189. The number of piperidine rings is 1. The molecule has 0 radical (unpaired) electrons. The zero-order valence-corrected chi connectivity index (χ0v) is 19.3. The van der Waals surface area contributed by atoms with E-state index in [-0.39, 0.29) is 11.7 Å². The largest absolute Gasteiger partial charge is 0.305 e. The molecule has 0 bridgehead atoms. The van der Waals surface area contributed by atoms with Gasteiger partial charge in [-0.15, -0.1) is 10.2 Å². The number of rotatable bonds is 7. The Balaban J connectivity index is 1.27. The highest BCUT2D eigenvalue weighted by molar-refractivity contribution is 7.99. The maximum Gasteiger partial charge on any atom is 0.305 e. The Morgan fingerprint density at radius 1 is 0.941 bits per heavy atom. The number of anilines is 1. The molecular formula is C24H24N7O2S+. The van der Waals surface area contributed by atoms with Crippen LogP contribution in [0.5, 0.6) is 0 Å². The van der Waals surface area contributed by atoms with E-state index in [1.807, 2.05) is 60.7 Å². The van der Waals surface area contributed by atoms with E-state index in [1.54, 1.807) is 11.0 Å². The second-order valence-corrected chi connectivity index (χ2v) is 8.80. The molecule has 0 aliphatic carbocycles. The van der Waals surface area contributed by atoms with Gasteiger partial charge in [-0.3, -0.25) is 14.6 Å². The number of nitrogens with zero attached hydrogens (tertiary/aromatic N) is 6. The molecule has 1 aliphatic rings. The summed E-state index contributed by atoms with van der Waals surface area (Å²) in [6.07, 6.45) is 5.17. The lowest BCUT2D eigenvalue weighted by Gasteiger charge is -2.17. The van der Waals surface area contributed by atoms with E-state index in [4.69, 9.17) is 9.51 Å². The predicted molar refractivity (Wildman–Crippen MR) is 129 cm³/mol. The molecule has 34 heavy (non-hydrogen) atoms. The number of hydrogen-bond donors (Lipinski definition) is 1. The van der Waals surface area contributed by atoms with Crippen LogP contribution in [0.25, 0.3) is 22.5 Å². The van der Waals surface area contributed by atoms with E-state index in [0.29, 0.717) is 16.7 Å². The van der Waals surface area contributed by atoms with Gasteiger partial charge in [-0.2, -0.15) is 5.01 Å². The van der Waals surface area contributed by atoms with Crippen LogP contribution >= 0.6 is 11.8 Å². The Hall–Kier alpha value is -3.79. The molecule has 4 aromatic rings. The van der Waals surface area contributed by atoms with Gasteiger partial charge < -0.3 is 0 Å². The van der Waals surface area contributed by atoms with Crippen molar-refractivity contribution in [3.8, 4) is 22.5 Å². The molecule has 1 fully saturated rings. The minimum atomic E-state index is -0.232. The van der Waals surface area contributed by atoms with Crippen LogP contribution < -0.4 is 15.1 Å². The molecule has 0 spiro atoms. The summed E-state index contributed by atoms with van der Waals surface area (Å²) in [4.78, 5) is 18.9. The number of aromatic nitrogens is 5. The van der Waals surface area contributed by atoms with Gasteiger partial charge in [0.1, 0.15) is 11.4 Å². The van der Waals surface area contributed by atoms with Crippen LogP contribution in [-0.2, 0) is 4.79 Å². The third-order valence-corrected chi connectivity index (χ3v) is 6.27. The highest BCUT2D eigenvalue weighted by Crippen LogP contribution is 2.29. The maximum atomic E-state index is 12.5. The van der Waals surface area contributed by atoms with Crippen LogP contribution in [0, 0.1) is 0 Å². The van der Waals surface area contributed by atoms with Gasteiger partial charge in [-0.05, 0) is 19.3 Å². The van der Waals surface area contributed by atoms with Gasteiger partial charge in [0, 0.05) is 11.1 Å². The predicted octanol–water partition coefficient (Wildman–Crippen LogP) is 3.33. The van der Waals surface area contributed by atoms with Crippen LogP contribution in [-0.4, -0.2) is 45.2 Å². The van der Waals surface area contributed by atoms with Crippen molar-refractivity contribution in [2.24, 2.45) is 0 Å². The molecule has 10 heteroatoms. The number of amides is 1. The molecule has 1 saturated heterocycles. The molecule has 0 atom stereocenters. The molecule has 5 rings (SSSR count). The Labute approximate surface area is 201 Å². The molecule has 2 aromatic carbocycles. The summed E-state index contributed by atoms with van der Waals surface area (Å²) in [5.41, 5.74) is 3.29. The van der Waals surface area contributed by atoms with Crippen molar-refractivity contribution >= 4 is 23.6 Å². The van der Waals surface area contributed by atoms with Crippen molar-refractivity contribution in [1.82, 2.24) is 20.5 Å². The van der Waals surface area contributed by atoms with Gasteiger partial charge in [0.2, 0.25) is 16.3 Å². The minimum absolute atomic E-state index is 0.116. The molecule has 1 N–H and O–H groups in total. The molecule has 1 amide bonds. The topological polar surface area (TPSA) is 101 Å². The second-order valence-electron chi connectivity index (χ2n) is 7.86. The Kier molecular flexibility index (Phi) is 6.76. The number of thioether (sulfide) groups is 1. The van der Waals surface area contributed by atoms with Crippen molar-refractivity contribution in [3.05, 3.63) is 66.9 Å². The van der Waals surface area contributed by atoms with Crippen LogP contribution in [0.3, 0.4) is 0 Å². The van der Waals surface area contributed by atoms with Crippen molar-refractivity contribution in [1.29, 1.82) is 0 Å². The highest BCUT2D eigenvalue weighted by Gasteiger charge is 2.23. The first-order chi connectivity index (χ1) is 16.8. The lowest BCUT2D eigenvalue weighted by atomic mass is 10.0. The molecule has 9 nitrogen and oxygen atoms in total. The van der Waals surface area contributed by atoms with Crippen molar-refractivity contribution in [2.45, 2.75) is 24.4 Å². The Bertz CT molecular complexity index is 1240. The van der Waals surface area contributed by atoms with Gasteiger partial charge in [0.05, 0.1) is 23.6 Å². The van der Waals surface area contributed by atoms with Crippen molar-refractivity contribution in [3.63, 3.8) is 0 Å². The molecule has 1 aliphatic heterocycles. The molecule has 0 saturated carbocycles. The van der Waals surface area contributed by atoms with Gasteiger partial charge in [0.25, 0.3) is 6.20 Å². The van der Waals surface area contributed by atoms with Crippen LogP contribution in [0.2, 0.25) is 0 Å². The van der Waals surface area contributed by atoms with Crippen LogP contribution in [0.4, 0.5) is 5.88 Å². The summed E-state index contributed by atoms with van der Waals surface area (Å²) >= 11 is 1.22. The fourth-order valence-corrected chi connectivity index (χ4v) is 4.36. The normalized spacial score (nSPS) is 13.6. The number of carbonyl (C=O) groups excluding carboxylic acids is 1. The SMILES string of the molecule is O=C(CSc1nnc(-c2ccccc2)c(-c2ccccc2)n1)Nc1c[n+](N2CCCCC2)no1. The zero-order valence-electron chi connectivity index (χ0n) is 18.5. The standard InChI is InChI=1S/C24H23N7O2S/c32-20(25-21-16-31(29-33-21)30-14-8-3-9-15-30)17-34-24-26-22(18-10-4-1-5-11-18)23(27-28-24)19-12-6-2-7-13-19/h1-2,4-7,10-13,16H,3,8-9,14-15,17H2/p+1. The Morgan fingerprint density at radius 3 is 2.32 bits per heavy atom. The average Bonchev–Trinajstić information content (AvgIpc) is 3.37. The van der Waals surface area contributed by atoms with Crippen molar-refractivity contribution in [2.75, 3.05) is 29.2 Å². The van der Waals surface area contributed by atoms with E-state index < -0.39 is 0 Å². The molecule has 0 unspecified atom stereocenters. The smallest absolute Gasteiger partial charge is 0.288 e. The minimum Gasteiger partial charge on any atom is -0.288 e. The fraction of sp³-hybridized carbons (Fsp3) is 0.250. The van der Waals surface area contributed by atoms with E-state index in [1.165, 1.54) is 18.2 Å². The van der Waals surface area contributed by atoms with E-state index in [2.05, 4.69) is 25.8 Å². The third kappa shape index (κ3) is 5.23. The molecule has 172 valence electrons. The first-order valence-electron chi connectivity index (χ1n) is 11.2. The Morgan fingerprint density at radius 2 is 1.62 bits per heavy atom. The van der Waals surface area contributed by atoms with Crippen molar-refractivity contribution < 1.29 is 14.1 Å². The summed E-state index contributed by atoms with van der Waals surface area (Å²) < 4.78 is 5.27. The van der Waals surface area contributed by atoms with Gasteiger partial charge in [-0.25, -0.2) is 4.98 Å². The molecule has 3 heterocycles. The second kappa shape index (κ2) is 10.4. The van der Waals surface area contributed by atoms with E-state index >= 15 is 0 Å². The molecular weight excluding hydrogens is 450 g/mol. The first kappa shape index (κ1) is 22.0. The monoisotopic (exact) mass is 474 g/mol. The number of benzene rings is 2. The number of hydrogen-bond acceptors (Lipinski definition) is 8. The summed E-state index contributed by atoms with van der Waals surface area (Å²) in [6, 6.07) is 19.7. The van der Waals surface area contributed by atoms with E-state index in [9.17, 15) is 4.79 Å². The summed E-state index contributed by atoms with van der Waals surface area (Å²) in [5, 5.41) is 18.0. The van der Waals surface area contributed by atoms with Gasteiger partial charge in [-0.1, -0.05) is 72.4 Å². The number of nitrogens with one attached hydrogen (secondary N) is 1. The van der Waals surface area contributed by atoms with Crippen LogP contribution in [0.1, 0.15) is 19.3 Å². The lowest BCUT2D eigenvalue weighted by molar-refractivity contribution is -0.759. The highest BCUT2D eigenvalue weighted by atomic mass is 32.2. The molecule has 2 aromatic heterocycles. The third-order valence-electron chi connectivity index (χ3n) is 5.43. The van der Waals surface area contributed by atoms with Gasteiger partial charge in [0.15, 0.2) is 0 Å². The number of carbonyl (C=O) groups is 1. The maximum absolute atomic E-state index is 12.5. The zero-order chi connectivity index (χ0) is 23.2. The van der Waals surface area contributed by atoms with Gasteiger partial charge >= 0.3 is 5.88 Å². The van der Waals surface area contributed by atoms with E-state index in [0.717, 1.165) is 42.8 Å². The lowest BCUT2D eigenvalue weighted by Crippen LogP contribution is -2.60. The quantitative estimate of drug-likeness (QED) is 0.322.